The van der Waals surface area contributed by atoms with Crippen molar-refractivity contribution in [2.75, 3.05) is 13.1 Å². The Bertz CT molecular complexity index is 855. The number of nitrogens with one attached hydrogen (secondary N) is 3. The molecule has 3 atom stereocenters. The van der Waals surface area contributed by atoms with Crippen molar-refractivity contribution in [1.82, 2.24) is 16.0 Å². The quantitative estimate of drug-likeness (QED) is 0.0872. The van der Waals surface area contributed by atoms with Crippen LogP contribution in [0.15, 0.2) is 29.3 Å². The molecule has 1 aromatic carbocycles. The minimum absolute atomic E-state index is 0.0378. The second-order valence-electron chi connectivity index (χ2n) is 7.33. The van der Waals surface area contributed by atoms with Crippen LogP contribution in [0.3, 0.4) is 0 Å². The number of nitrogens with two attached hydrogens (primary N) is 3. The molecule has 0 bridgehead atoms. The van der Waals surface area contributed by atoms with Crippen LogP contribution in [0.4, 0.5) is 0 Å². The zero-order valence-electron chi connectivity index (χ0n) is 18.3. The number of carbonyl (C=O) groups excluding carboxylic acids is 3. The van der Waals surface area contributed by atoms with E-state index in [0.717, 1.165) is 0 Å². The summed E-state index contributed by atoms with van der Waals surface area (Å²) in [6, 6.07) is 2.91. The number of carboxylic acids is 1. The Balaban J connectivity index is 2.77. The number of amides is 3. The van der Waals surface area contributed by atoms with Gasteiger partial charge in [0.1, 0.15) is 17.8 Å². The maximum atomic E-state index is 12.7. The van der Waals surface area contributed by atoms with E-state index in [0.29, 0.717) is 18.5 Å². The second kappa shape index (κ2) is 13.5. The Kier molecular flexibility index (Phi) is 11.1. The summed E-state index contributed by atoms with van der Waals surface area (Å²) in [6.07, 6.45) is 0.778. The molecule has 13 heteroatoms. The topological polar surface area (TPSA) is 235 Å². The molecule has 182 valence electrons. The van der Waals surface area contributed by atoms with E-state index in [-0.39, 0.29) is 24.6 Å². The molecule has 0 aliphatic rings. The van der Waals surface area contributed by atoms with Gasteiger partial charge in [0.05, 0.1) is 12.6 Å². The highest BCUT2D eigenvalue weighted by atomic mass is 16.4. The Hall–Kier alpha value is -3.87. The number of phenolic OH excluding ortho intramolecular Hbond substituents is 1. The molecule has 0 spiro atoms. The number of guanidine groups is 1. The molecule has 13 nitrogen and oxygen atoms in total. The van der Waals surface area contributed by atoms with Crippen LogP contribution in [0.2, 0.25) is 0 Å². The fraction of sp³-hybridized carbons (Fsp3) is 0.450. The first-order valence-electron chi connectivity index (χ1n) is 10.2. The highest BCUT2D eigenvalue weighted by molar-refractivity contribution is 5.92. The van der Waals surface area contributed by atoms with E-state index in [1.165, 1.54) is 19.1 Å². The van der Waals surface area contributed by atoms with Crippen LogP contribution in [0.5, 0.6) is 5.75 Å². The summed E-state index contributed by atoms with van der Waals surface area (Å²) >= 11 is 0. The SMILES string of the molecule is CC(NC(=O)CNC(=O)C(Cc1ccc(O)cc1)NC(=O)C(N)CCCN=C(N)N)C(=O)O. The fourth-order valence-electron chi connectivity index (χ4n) is 2.65. The van der Waals surface area contributed by atoms with E-state index in [1.807, 2.05) is 0 Å². The zero-order chi connectivity index (χ0) is 25.0. The van der Waals surface area contributed by atoms with Gasteiger partial charge in [-0.15, -0.1) is 0 Å². The Labute approximate surface area is 190 Å². The first-order valence-corrected chi connectivity index (χ1v) is 10.2. The normalized spacial score (nSPS) is 13.2. The molecule has 3 unspecified atom stereocenters. The van der Waals surface area contributed by atoms with Gasteiger partial charge in [0.2, 0.25) is 17.7 Å². The van der Waals surface area contributed by atoms with E-state index < -0.39 is 48.4 Å². The number of phenols is 1. The maximum Gasteiger partial charge on any atom is 0.325 e. The third-order valence-electron chi connectivity index (χ3n) is 4.48. The van der Waals surface area contributed by atoms with Crippen LogP contribution >= 0.6 is 0 Å². The molecular formula is C20H31N7O6. The Morgan fingerprint density at radius 2 is 1.70 bits per heavy atom. The standard InChI is InChI=1S/C20H31N7O6/c1-11(19(32)33)26-16(29)10-25-18(31)15(9-12-4-6-13(28)7-5-12)27-17(30)14(21)3-2-8-24-20(22)23/h4-7,11,14-15,28H,2-3,8-10,21H2,1H3,(H,25,31)(H,26,29)(H,27,30)(H,32,33)(H4,22,23,24). The summed E-state index contributed by atoms with van der Waals surface area (Å²) in [5.74, 6) is -3.20. The van der Waals surface area contributed by atoms with Crippen molar-refractivity contribution in [2.45, 2.75) is 44.3 Å². The number of aliphatic carboxylic acids is 1. The second-order valence-corrected chi connectivity index (χ2v) is 7.33. The van der Waals surface area contributed by atoms with Crippen LogP contribution < -0.4 is 33.2 Å². The molecule has 0 aliphatic heterocycles. The molecule has 11 N–H and O–H groups in total. The minimum atomic E-state index is -1.22. The molecule has 0 aromatic heterocycles. The molecule has 0 saturated carbocycles. The highest BCUT2D eigenvalue weighted by Crippen LogP contribution is 2.11. The highest BCUT2D eigenvalue weighted by Gasteiger charge is 2.25. The van der Waals surface area contributed by atoms with Crippen LogP contribution in [-0.2, 0) is 25.6 Å². The first kappa shape index (κ1) is 27.2. The van der Waals surface area contributed by atoms with E-state index in [2.05, 4.69) is 20.9 Å². The summed E-state index contributed by atoms with van der Waals surface area (Å²) < 4.78 is 0. The number of nitrogens with zero attached hydrogens (tertiary/aromatic N) is 1. The van der Waals surface area contributed by atoms with Crippen molar-refractivity contribution in [3.05, 3.63) is 29.8 Å². The summed E-state index contributed by atoms with van der Waals surface area (Å²) in [6.45, 7) is 1.10. The third-order valence-corrected chi connectivity index (χ3v) is 4.48. The monoisotopic (exact) mass is 465 g/mol. The molecule has 0 aliphatic carbocycles. The third kappa shape index (κ3) is 10.8. The lowest BCUT2D eigenvalue weighted by atomic mass is 10.0. The average molecular weight is 466 g/mol. The van der Waals surface area contributed by atoms with Gasteiger partial charge < -0.3 is 43.4 Å². The number of aliphatic imine (C=N–C) groups is 1. The van der Waals surface area contributed by atoms with Crippen LogP contribution in [-0.4, -0.2) is 71.1 Å². The van der Waals surface area contributed by atoms with Gasteiger partial charge in [0, 0.05) is 13.0 Å². The maximum absolute atomic E-state index is 12.7. The summed E-state index contributed by atoms with van der Waals surface area (Å²) in [7, 11) is 0. The van der Waals surface area contributed by atoms with Crippen LogP contribution in [0.25, 0.3) is 0 Å². The van der Waals surface area contributed by atoms with E-state index in [1.54, 1.807) is 12.1 Å². The van der Waals surface area contributed by atoms with Gasteiger partial charge in [-0.1, -0.05) is 12.1 Å². The molecule has 0 heterocycles. The Morgan fingerprint density at radius 3 is 2.27 bits per heavy atom. The lowest BCUT2D eigenvalue weighted by Crippen LogP contribution is -2.54. The van der Waals surface area contributed by atoms with Gasteiger partial charge in [-0.05, 0) is 37.5 Å². The predicted octanol–water partition coefficient (Wildman–Crippen LogP) is -2.49. The zero-order valence-corrected chi connectivity index (χ0v) is 18.3. The molecule has 1 aromatic rings. The number of carboxylic acid groups (broad SMARTS) is 1. The summed E-state index contributed by atoms with van der Waals surface area (Å²) in [4.78, 5) is 51.7. The van der Waals surface area contributed by atoms with E-state index in [9.17, 15) is 24.3 Å². The van der Waals surface area contributed by atoms with Gasteiger partial charge in [-0.25, -0.2) is 0 Å². The van der Waals surface area contributed by atoms with Crippen molar-refractivity contribution < 1.29 is 29.4 Å². The van der Waals surface area contributed by atoms with Gasteiger partial charge in [-0.3, -0.25) is 24.2 Å². The van der Waals surface area contributed by atoms with Crippen LogP contribution in [0, 0.1) is 0 Å². The van der Waals surface area contributed by atoms with Gasteiger partial charge in [0.25, 0.3) is 0 Å². The number of carbonyl (C=O) groups is 4. The largest absolute Gasteiger partial charge is 0.508 e. The molecular weight excluding hydrogens is 434 g/mol. The molecule has 1 rings (SSSR count). The fourth-order valence-corrected chi connectivity index (χ4v) is 2.65. The number of hydrogen-bond donors (Lipinski definition) is 8. The molecule has 0 fully saturated rings. The summed E-state index contributed by atoms with van der Waals surface area (Å²) in [5.41, 5.74) is 17.0. The summed E-state index contributed by atoms with van der Waals surface area (Å²) in [5, 5.41) is 25.4. The van der Waals surface area contributed by atoms with Gasteiger partial charge in [0.15, 0.2) is 5.96 Å². The van der Waals surface area contributed by atoms with E-state index >= 15 is 0 Å². The first-order chi connectivity index (χ1) is 15.5. The Morgan fingerprint density at radius 1 is 1.06 bits per heavy atom. The van der Waals surface area contributed by atoms with Crippen molar-refractivity contribution >= 4 is 29.7 Å². The van der Waals surface area contributed by atoms with Crippen LogP contribution in [0.1, 0.15) is 25.3 Å². The number of rotatable bonds is 13. The lowest BCUT2D eigenvalue weighted by molar-refractivity contribution is -0.141. The van der Waals surface area contributed by atoms with Gasteiger partial charge >= 0.3 is 5.97 Å². The van der Waals surface area contributed by atoms with E-state index in [4.69, 9.17) is 22.3 Å². The van der Waals surface area contributed by atoms with Crippen molar-refractivity contribution in [3.63, 3.8) is 0 Å². The molecule has 3 amide bonds. The number of benzene rings is 1. The number of hydrogen-bond acceptors (Lipinski definition) is 7. The van der Waals surface area contributed by atoms with Crippen molar-refractivity contribution in [2.24, 2.45) is 22.2 Å². The van der Waals surface area contributed by atoms with Gasteiger partial charge in [-0.2, -0.15) is 0 Å². The predicted molar refractivity (Wildman–Crippen MR) is 120 cm³/mol. The van der Waals surface area contributed by atoms with Crippen molar-refractivity contribution in [1.29, 1.82) is 0 Å². The molecule has 0 radical (unpaired) electrons. The molecule has 0 saturated heterocycles. The lowest BCUT2D eigenvalue weighted by Gasteiger charge is -2.21. The molecule has 33 heavy (non-hydrogen) atoms. The number of aromatic hydroxyl groups is 1. The smallest absolute Gasteiger partial charge is 0.325 e. The minimum Gasteiger partial charge on any atom is -0.508 e. The average Bonchev–Trinajstić information content (AvgIpc) is 2.75. The van der Waals surface area contributed by atoms with Crippen molar-refractivity contribution in [3.8, 4) is 5.75 Å².